The van der Waals surface area contributed by atoms with Gasteiger partial charge in [-0.05, 0) is 11.6 Å². The first-order valence-electron chi connectivity index (χ1n) is 5.43. The van der Waals surface area contributed by atoms with Crippen LogP contribution < -0.4 is 5.73 Å². The summed E-state index contributed by atoms with van der Waals surface area (Å²) in [5.41, 5.74) is 8.49. The molecule has 4 heteroatoms. The van der Waals surface area contributed by atoms with E-state index in [4.69, 9.17) is 11.0 Å². The Labute approximate surface area is 100 Å². The van der Waals surface area contributed by atoms with Crippen LogP contribution in [0, 0.1) is 11.3 Å². The van der Waals surface area contributed by atoms with E-state index in [9.17, 15) is 0 Å². The van der Waals surface area contributed by atoms with Crippen LogP contribution in [-0.4, -0.2) is 16.1 Å². The number of nitrogens with two attached hydrogens (primary N) is 1. The minimum atomic E-state index is 0.0124. The van der Waals surface area contributed by atoms with Crippen LogP contribution in [0.15, 0.2) is 36.8 Å². The third-order valence-corrected chi connectivity index (χ3v) is 2.90. The van der Waals surface area contributed by atoms with Crippen LogP contribution in [0.25, 0.3) is 0 Å². The van der Waals surface area contributed by atoms with Crippen molar-refractivity contribution in [3.05, 3.63) is 53.6 Å². The second kappa shape index (κ2) is 4.81. The van der Waals surface area contributed by atoms with E-state index in [0.717, 1.165) is 11.3 Å². The summed E-state index contributed by atoms with van der Waals surface area (Å²) in [5.74, 6) is 0.0124. The summed E-state index contributed by atoms with van der Waals surface area (Å²) in [6.07, 6.45) is 3.54. The van der Waals surface area contributed by atoms with Crippen molar-refractivity contribution >= 4 is 0 Å². The SMILES string of the molecule is Cn1cncc1C(CN)c1ccccc1C#N. The third kappa shape index (κ3) is 2.05. The lowest BCUT2D eigenvalue weighted by Gasteiger charge is -2.16. The first-order chi connectivity index (χ1) is 8.27. The molecule has 1 unspecified atom stereocenters. The molecule has 2 aromatic rings. The van der Waals surface area contributed by atoms with E-state index in [1.165, 1.54) is 0 Å². The van der Waals surface area contributed by atoms with Gasteiger partial charge in [0.1, 0.15) is 0 Å². The molecule has 17 heavy (non-hydrogen) atoms. The van der Waals surface area contributed by atoms with Crippen LogP contribution in [0.5, 0.6) is 0 Å². The summed E-state index contributed by atoms with van der Waals surface area (Å²) in [7, 11) is 1.93. The van der Waals surface area contributed by atoms with Gasteiger partial charge in [-0.15, -0.1) is 0 Å². The molecule has 1 aromatic carbocycles. The normalized spacial score (nSPS) is 12.1. The van der Waals surface area contributed by atoms with Gasteiger partial charge in [0.05, 0.1) is 18.0 Å². The van der Waals surface area contributed by atoms with E-state index in [0.29, 0.717) is 12.1 Å². The monoisotopic (exact) mass is 226 g/mol. The van der Waals surface area contributed by atoms with Gasteiger partial charge in [-0.3, -0.25) is 0 Å². The van der Waals surface area contributed by atoms with Gasteiger partial charge < -0.3 is 10.3 Å². The standard InChI is InChI=1S/C13H14N4/c1-17-9-16-8-13(17)12(7-15)11-5-3-2-4-10(11)6-14/h2-5,8-9,12H,7,15H2,1H3. The molecular weight excluding hydrogens is 212 g/mol. The van der Waals surface area contributed by atoms with Crippen LogP contribution in [0.1, 0.15) is 22.7 Å². The van der Waals surface area contributed by atoms with Crippen LogP contribution in [0.4, 0.5) is 0 Å². The Morgan fingerprint density at radius 2 is 2.24 bits per heavy atom. The highest BCUT2D eigenvalue weighted by molar-refractivity contribution is 5.43. The zero-order valence-electron chi connectivity index (χ0n) is 9.67. The van der Waals surface area contributed by atoms with Gasteiger partial charge in [-0.25, -0.2) is 4.98 Å². The largest absolute Gasteiger partial charge is 0.337 e. The first-order valence-corrected chi connectivity index (χ1v) is 5.43. The van der Waals surface area contributed by atoms with Crippen molar-refractivity contribution < 1.29 is 0 Å². The maximum Gasteiger partial charge on any atom is 0.0994 e. The van der Waals surface area contributed by atoms with E-state index >= 15 is 0 Å². The lowest BCUT2D eigenvalue weighted by atomic mass is 9.92. The predicted octanol–water partition coefficient (Wildman–Crippen LogP) is 1.38. The Kier molecular flexibility index (Phi) is 3.22. The van der Waals surface area contributed by atoms with Crippen LogP contribution in [-0.2, 0) is 7.05 Å². The molecule has 2 rings (SSSR count). The van der Waals surface area contributed by atoms with Crippen molar-refractivity contribution in [2.45, 2.75) is 5.92 Å². The molecule has 86 valence electrons. The Morgan fingerprint density at radius 1 is 1.47 bits per heavy atom. The fraction of sp³-hybridized carbons (Fsp3) is 0.231. The van der Waals surface area contributed by atoms with E-state index < -0.39 is 0 Å². The van der Waals surface area contributed by atoms with Crippen LogP contribution in [0.2, 0.25) is 0 Å². The van der Waals surface area contributed by atoms with Crippen LogP contribution >= 0.6 is 0 Å². The molecule has 0 bridgehead atoms. The highest BCUT2D eigenvalue weighted by Crippen LogP contribution is 2.25. The van der Waals surface area contributed by atoms with Crippen LogP contribution in [0.3, 0.4) is 0 Å². The molecule has 0 aliphatic rings. The summed E-state index contributed by atoms with van der Waals surface area (Å²) < 4.78 is 1.94. The van der Waals surface area contributed by atoms with E-state index in [1.54, 1.807) is 12.5 Å². The summed E-state index contributed by atoms with van der Waals surface area (Å²) >= 11 is 0. The van der Waals surface area contributed by atoms with Gasteiger partial charge in [0, 0.05) is 31.4 Å². The molecular formula is C13H14N4. The third-order valence-electron chi connectivity index (χ3n) is 2.90. The molecule has 0 amide bonds. The highest BCUT2D eigenvalue weighted by atomic mass is 15.0. The number of aromatic nitrogens is 2. The molecule has 0 saturated carbocycles. The maximum atomic E-state index is 9.12. The Balaban J connectivity index is 2.50. The molecule has 4 nitrogen and oxygen atoms in total. The molecule has 2 N–H and O–H groups in total. The van der Waals surface area contributed by atoms with Gasteiger partial charge in [0.2, 0.25) is 0 Å². The number of hydrogen-bond acceptors (Lipinski definition) is 3. The van der Waals surface area contributed by atoms with Crippen molar-refractivity contribution in [3.8, 4) is 6.07 Å². The quantitative estimate of drug-likeness (QED) is 0.859. The average molecular weight is 226 g/mol. The van der Waals surface area contributed by atoms with E-state index in [2.05, 4.69) is 11.1 Å². The Morgan fingerprint density at radius 3 is 2.82 bits per heavy atom. The van der Waals surface area contributed by atoms with Crippen molar-refractivity contribution in [2.75, 3.05) is 6.54 Å². The summed E-state index contributed by atoms with van der Waals surface area (Å²) in [6, 6.07) is 9.75. The zero-order chi connectivity index (χ0) is 12.3. The minimum Gasteiger partial charge on any atom is -0.337 e. The number of benzene rings is 1. The molecule has 0 aliphatic carbocycles. The summed E-state index contributed by atoms with van der Waals surface area (Å²) in [6.45, 7) is 0.457. The van der Waals surface area contributed by atoms with Crippen molar-refractivity contribution in [2.24, 2.45) is 12.8 Å². The van der Waals surface area contributed by atoms with Gasteiger partial charge in [-0.1, -0.05) is 18.2 Å². The van der Waals surface area contributed by atoms with Crippen molar-refractivity contribution in [3.63, 3.8) is 0 Å². The van der Waals surface area contributed by atoms with E-state index in [1.807, 2.05) is 35.9 Å². The van der Waals surface area contributed by atoms with Gasteiger partial charge in [0.15, 0.2) is 0 Å². The lowest BCUT2D eigenvalue weighted by molar-refractivity contribution is 0.723. The van der Waals surface area contributed by atoms with Gasteiger partial charge in [-0.2, -0.15) is 5.26 Å². The molecule has 1 heterocycles. The predicted molar refractivity (Wildman–Crippen MR) is 65.3 cm³/mol. The zero-order valence-corrected chi connectivity index (χ0v) is 9.67. The number of aryl methyl sites for hydroxylation is 1. The fourth-order valence-corrected chi connectivity index (χ4v) is 2.01. The molecule has 0 radical (unpaired) electrons. The second-order valence-electron chi connectivity index (χ2n) is 3.92. The topological polar surface area (TPSA) is 67.6 Å². The van der Waals surface area contributed by atoms with Crippen molar-refractivity contribution in [1.29, 1.82) is 5.26 Å². The Bertz CT molecular complexity index is 551. The first kappa shape index (κ1) is 11.4. The number of hydrogen-bond donors (Lipinski definition) is 1. The number of nitriles is 1. The number of nitrogens with zero attached hydrogens (tertiary/aromatic N) is 3. The second-order valence-corrected chi connectivity index (χ2v) is 3.92. The highest BCUT2D eigenvalue weighted by Gasteiger charge is 2.18. The van der Waals surface area contributed by atoms with E-state index in [-0.39, 0.29) is 5.92 Å². The Hall–Kier alpha value is -2.12. The fourth-order valence-electron chi connectivity index (χ4n) is 2.01. The summed E-state index contributed by atoms with van der Waals surface area (Å²) in [4.78, 5) is 4.10. The average Bonchev–Trinajstić information content (AvgIpc) is 2.78. The van der Waals surface area contributed by atoms with Crippen molar-refractivity contribution in [1.82, 2.24) is 9.55 Å². The molecule has 0 aliphatic heterocycles. The molecule has 0 saturated heterocycles. The maximum absolute atomic E-state index is 9.12. The molecule has 0 fully saturated rings. The number of imidazole rings is 1. The summed E-state index contributed by atoms with van der Waals surface area (Å²) in [5, 5.41) is 9.12. The smallest absolute Gasteiger partial charge is 0.0994 e. The lowest BCUT2D eigenvalue weighted by Crippen LogP contribution is -2.17. The van der Waals surface area contributed by atoms with Gasteiger partial charge >= 0.3 is 0 Å². The van der Waals surface area contributed by atoms with Gasteiger partial charge in [0.25, 0.3) is 0 Å². The molecule has 1 atom stereocenters. The molecule has 1 aromatic heterocycles. The number of rotatable bonds is 3. The minimum absolute atomic E-state index is 0.0124. The molecule has 0 spiro atoms.